The van der Waals surface area contributed by atoms with E-state index in [2.05, 4.69) is 15.2 Å². The number of piperidine rings is 1. The normalized spacial score (nSPS) is 20.3. The topological polar surface area (TPSA) is 158 Å². The van der Waals surface area contributed by atoms with Gasteiger partial charge in [0.2, 0.25) is 11.8 Å². The third-order valence-electron chi connectivity index (χ3n) is 9.52. The standard InChI is InChI=1S/C37H45N5O7/c43-24-25-10-12-26(13-11-25)33-22-30(23-41-20-18-29(19-21-41)42-32-7-5-4-6-31(32)39-37(42)46)48-36(49-33)27-14-16-28(17-15-27)38-34(44)8-2-1-3-9-35(45)40-47/h4-7,10-17,29-30,33,36,43,47H,1-3,8-9,18-24H2,(H,38,44)(H,39,46)(H,40,45)/t30-,33+,36+/m0/s1. The van der Waals surface area contributed by atoms with E-state index in [0.717, 1.165) is 60.2 Å². The number of aliphatic hydroxyl groups is 1. The molecule has 6 rings (SSSR count). The molecule has 2 aliphatic heterocycles. The summed E-state index contributed by atoms with van der Waals surface area (Å²) in [5.41, 5.74) is 6.76. The molecule has 1 aromatic heterocycles. The molecule has 49 heavy (non-hydrogen) atoms. The van der Waals surface area contributed by atoms with Crippen LogP contribution in [0.4, 0.5) is 5.69 Å². The Labute approximate surface area is 285 Å². The lowest BCUT2D eigenvalue weighted by Crippen LogP contribution is -2.43. The van der Waals surface area contributed by atoms with E-state index < -0.39 is 12.2 Å². The molecule has 260 valence electrons. The predicted molar refractivity (Wildman–Crippen MR) is 184 cm³/mol. The van der Waals surface area contributed by atoms with E-state index in [-0.39, 0.29) is 42.9 Å². The first-order valence-electron chi connectivity index (χ1n) is 17.1. The number of hydrogen-bond donors (Lipinski definition) is 5. The Morgan fingerprint density at radius 3 is 2.27 bits per heavy atom. The molecule has 0 bridgehead atoms. The zero-order valence-electron chi connectivity index (χ0n) is 27.6. The molecule has 3 aromatic carbocycles. The monoisotopic (exact) mass is 671 g/mol. The number of unbranched alkanes of at least 4 members (excludes halogenated alkanes) is 2. The van der Waals surface area contributed by atoms with Crippen LogP contribution in [0.5, 0.6) is 0 Å². The Hall–Kier alpha value is -4.33. The second-order valence-electron chi connectivity index (χ2n) is 13.0. The van der Waals surface area contributed by atoms with Gasteiger partial charge >= 0.3 is 5.69 Å². The number of fused-ring (bicyclic) bond motifs is 1. The number of carbonyl (C=O) groups is 2. The molecular weight excluding hydrogens is 626 g/mol. The summed E-state index contributed by atoms with van der Waals surface area (Å²) in [6.07, 6.45) is 4.03. The minimum Gasteiger partial charge on any atom is -0.392 e. The van der Waals surface area contributed by atoms with E-state index in [0.29, 0.717) is 37.8 Å². The highest BCUT2D eigenvalue weighted by atomic mass is 16.7. The van der Waals surface area contributed by atoms with Gasteiger partial charge in [0.25, 0.3) is 0 Å². The average Bonchev–Trinajstić information content (AvgIpc) is 3.47. The first-order valence-corrected chi connectivity index (χ1v) is 17.1. The van der Waals surface area contributed by atoms with E-state index in [1.54, 1.807) is 5.48 Å². The highest BCUT2D eigenvalue weighted by Gasteiger charge is 2.34. The maximum atomic E-state index is 12.8. The van der Waals surface area contributed by atoms with Crippen molar-refractivity contribution in [1.29, 1.82) is 0 Å². The second-order valence-corrected chi connectivity index (χ2v) is 13.0. The Morgan fingerprint density at radius 2 is 1.55 bits per heavy atom. The number of carbonyl (C=O) groups excluding carboxylic acids is 2. The summed E-state index contributed by atoms with van der Waals surface area (Å²) in [5.74, 6) is -0.525. The van der Waals surface area contributed by atoms with Crippen LogP contribution in [-0.2, 0) is 25.7 Å². The molecule has 5 N–H and O–H groups in total. The summed E-state index contributed by atoms with van der Waals surface area (Å²) in [6, 6.07) is 23.3. The number of amides is 2. The maximum absolute atomic E-state index is 12.8. The van der Waals surface area contributed by atoms with Crippen LogP contribution in [-0.4, -0.2) is 62.3 Å². The van der Waals surface area contributed by atoms with Gasteiger partial charge in [0.15, 0.2) is 6.29 Å². The largest absolute Gasteiger partial charge is 0.392 e. The minimum absolute atomic E-state index is 0.0208. The number of imidazole rings is 1. The lowest BCUT2D eigenvalue weighted by Gasteiger charge is -2.40. The van der Waals surface area contributed by atoms with Crippen molar-refractivity contribution in [2.75, 3.05) is 25.0 Å². The number of nitrogens with zero attached hydrogens (tertiary/aromatic N) is 2. The number of benzene rings is 3. The van der Waals surface area contributed by atoms with Gasteiger partial charge < -0.3 is 29.8 Å². The number of hydroxylamine groups is 1. The number of H-pyrrole nitrogens is 1. The van der Waals surface area contributed by atoms with Crippen molar-refractivity contribution in [2.24, 2.45) is 0 Å². The van der Waals surface area contributed by atoms with Gasteiger partial charge in [0, 0.05) is 56.2 Å². The van der Waals surface area contributed by atoms with Crippen LogP contribution < -0.4 is 16.5 Å². The van der Waals surface area contributed by atoms with Crippen LogP contribution in [0.1, 0.15) is 86.5 Å². The minimum atomic E-state index is -0.607. The molecule has 2 amide bonds. The molecule has 2 saturated heterocycles. The number of para-hydroxylation sites is 2. The molecule has 0 aliphatic carbocycles. The van der Waals surface area contributed by atoms with Gasteiger partial charge in [-0.2, -0.15) is 0 Å². The van der Waals surface area contributed by atoms with Gasteiger partial charge in [-0.25, -0.2) is 10.3 Å². The van der Waals surface area contributed by atoms with Crippen LogP contribution >= 0.6 is 0 Å². The van der Waals surface area contributed by atoms with Gasteiger partial charge in [0.1, 0.15) is 0 Å². The third-order valence-corrected chi connectivity index (χ3v) is 9.52. The van der Waals surface area contributed by atoms with Crippen molar-refractivity contribution in [3.63, 3.8) is 0 Å². The van der Waals surface area contributed by atoms with Gasteiger partial charge in [-0.1, -0.05) is 55.0 Å². The fourth-order valence-electron chi connectivity index (χ4n) is 6.87. The van der Waals surface area contributed by atoms with E-state index in [1.807, 2.05) is 77.4 Å². The Morgan fingerprint density at radius 1 is 0.857 bits per heavy atom. The third kappa shape index (κ3) is 8.83. The number of nitrogens with one attached hydrogen (secondary N) is 3. The number of hydrogen-bond acceptors (Lipinski definition) is 8. The first kappa shape index (κ1) is 34.5. The van der Waals surface area contributed by atoms with E-state index >= 15 is 0 Å². The van der Waals surface area contributed by atoms with Gasteiger partial charge in [0.05, 0.1) is 29.8 Å². The summed E-state index contributed by atoms with van der Waals surface area (Å²) in [4.78, 5) is 41.8. The van der Waals surface area contributed by atoms with Gasteiger partial charge in [-0.15, -0.1) is 0 Å². The molecule has 3 heterocycles. The fourth-order valence-corrected chi connectivity index (χ4v) is 6.87. The van der Waals surface area contributed by atoms with Crippen LogP contribution in [0.15, 0.2) is 77.6 Å². The van der Waals surface area contributed by atoms with Crippen LogP contribution in [0.3, 0.4) is 0 Å². The predicted octanol–water partition coefficient (Wildman–Crippen LogP) is 5.10. The zero-order valence-corrected chi connectivity index (χ0v) is 27.6. The summed E-state index contributed by atoms with van der Waals surface area (Å²) in [6.45, 7) is 2.42. The molecule has 2 aliphatic rings. The molecule has 0 unspecified atom stereocenters. The van der Waals surface area contributed by atoms with Crippen molar-refractivity contribution < 1.29 is 29.4 Å². The number of rotatable bonds is 13. The molecule has 4 aromatic rings. The number of aliphatic hydroxyl groups excluding tert-OH is 1. The molecule has 0 spiro atoms. The van der Waals surface area contributed by atoms with Crippen molar-refractivity contribution in [3.05, 3.63) is 100.0 Å². The van der Waals surface area contributed by atoms with Crippen LogP contribution in [0, 0.1) is 0 Å². The van der Waals surface area contributed by atoms with Crippen molar-refractivity contribution in [3.8, 4) is 0 Å². The average molecular weight is 672 g/mol. The number of anilines is 1. The van der Waals surface area contributed by atoms with Crippen LogP contribution in [0.2, 0.25) is 0 Å². The lowest BCUT2D eigenvalue weighted by atomic mass is 9.98. The highest BCUT2D eigenvalue weighted by Crippen LogP contribution is 2.39. The molecule has 0 radical (unpaired) electrons. The first-order chi connectivity index (χ1) is 23.9. The molecule has 0 saturated carbocycles. The zero-order chi connectivity index (χ0) is 34.2. The Kier molecular flexibility index (Phi) is 11.5. The maximum Gasteiger partial charge on any atom is 0.326 e. The summed E-state index contributed by atoms with van der Waals surface area (Å²) in [7, 11) is 0. The molecular formula is C37H45N5O7. The van der Waals surface area contributed by atoms with Crippen molar-refractivity contribution in [1.82, 2.24) is 19.9 Å². The lowest BCUT2D eigenvalue weighted by molar-refractivity contribution is -0.253. The number of likely N-dealkylation sites (tertiary alicyclic amines) is 1. The van der Waals surface area contributed by atoms with E-state index in [1.165, 1.54) is 0 Å². The van der Waals surface area contributed by atoms with Crippen molar-refractivity contribution >= 4 is 28.5 Å². The van der Waals surface area contributed by atoms with Gasteiger partial charge in [-0.05, 0) is 61.1 Å². The second kappa shape index (κ2) is 16.4. The number of ether oxygens (including phenoxy) is 2. The van der Waals surface area contributed by atoms with Crippen LogP contribution in [0.25, 0.3) is 11.0 Å². The highest BCUT2D eigenvalue weighted by molar-refractivity contribution is 5.90. The molecule has 3 atom stereocenters. The molecule has 2 fully saturated rings. The number of aromatic amines is 1. The number of aromatic nitrogens is 2. The van der Waals surface area contributed by atoms with E-state index in [9.17, 15) is 19.5 Å². The Balaban J connectivity index is 1.07. The molecule has 12 heteroatoms. The van der Waals surface area contributed by atoms with Gasteiger partial charge in [-0.3, -0.25) is 19.4 Å². The fraction of sp³-hybridized carbons (Fsp3) is 0.432. The quantitative estimate of drug-likeness (QED) is 0.0747. The SMILES string of the molecule is O=C(CCCCCC(=O)Nc1ccc([C@@H]2O[C@H](CN3CCC(n4c(=O)[nH]c5ccccc54)CC3)C[C@H](c3ccc(CO)cc3)O2)cc1)NO. The Bertz CT molecular complexity index is 1750. The summed E-state index contributed by atoms with van der Waals surface area (Å²) < 4.78 is 15.0. The van der Waals surface area contributed by atoms with Crippen molar-refractivity contribution in [2.45, 2.75) is 82.5 Å². The summed E-state index contributed by atoms with van der Waals surface area (Å²) in [5, 5.41) is 21.0. The smallest absolute Gasteiger partial charge is 0.326 e. The summed E-state index contributed by atoms with van der Waals surface area (Å²) >= 11 is 0. The molecule has 12 nitrogen and oxygen atoms in total. The van der Waals surface area contributed by atoms with E-state index in [4.69, 9.17) is 14.7 Å².